The summed E-state index contributed by atoms with van der Waals surface area (Å²) in [4.78, 5) is 14.2. The van der Waals surface area contributed by atoms with Gasteiger partial charge in [-0.3, -0.25) is 4.79 Å². The first-order valence-electron chi connectivity index (χ1n) is 17.7. The molecule has 0 aliphatic heterocycles. The number of hydrogen-bond acceptors (Lipinski definition) is 5. The van der Waals surface area contributed by atoms with E-state index in [1.807, 2.05) is 44.2 Å². The van der Waals surface area contributed by atoms with Gasteiger partial charge in [0.15, 0.2) is 0 Å². The molecule has 0 heterocycles. The normalized spacial score (nSPS) is 41.2. The summed E-state index contributed by atoms with van der Waals surface area (Å²) >= 11 is 0. The van der Waals surface area contributed by atoms with Gasteiger partial charge in [-0.15, -0.1) is 0 Å². The number of allylic oxidation sites excluding steroid dienone is 2. The number of carbonyl (C=O) groups excluding carboxylic acids is 1. The van der Waals surface area contributed by atoms with Crippen LogP contribution in [-0.2, 0) is 30.4 Å². The first-order valence-corrected chi connectivity index (χ1v) is 19.1. The highest BCUT2D eigenvalue weighted by molar-refractivity contribution is 7.87. The van der Waals surface area contributed by atoms with Crippen molar-refractivity contribution in [1.82, 2.24) is 0 Å². The number of halogens is 3. The highest BCUT2D eigenvalue weighted by atomic mass is 32.2. The molecule has 5 aliphatic rings. The number of esters is 1. The van der Waals surface area contributed by atoms with E-state index in [9.17, 15) is 26.4 Å². The standard InChI is InChI=1S/C38H53F3O5S/c1-24(2)26-15-20-37(32(42)45-23-25-11-9-8-10-12-25)22-21-35(6)27(31(26)37)13-14-29-34(5)18-17-30(46-47(43,44)38(39,40)41)33(3,4)28(34)16-19-36(29,35)7/h8-12,17,24,26-29,31H,13-16,18-23H2,1-7H3/t26-,27+,28-,29+,31+,34-,35+,36+,37-/m0/s1. The van der Waals surface area contributed by atoms with Gasteiger partial charge in [0.1, 0.15) is 12.4 Å². The molecule has 5 nitrogen and oxygen atoms in total. The van der Waals surface area contributed by atoms with Crippen LogP contribution < -0.4 is 0 Å². The van der Waals surface area contributed by atoms with Crippen LogP contribution >= 0.6 is 0 Å². The monoisotopic (exact) mass is 678 g/mol. The molecule has 262 valence electrons. The summed E-state index contributed by atoms with van der Waals surface area (Å²) < 4.78 is 75.1. The van der Waals surface area contributed by atoms with Crippen molar-refractivity contribution in [2.24, 2.45) is 62.6 Å². The SMILES string of the molecule is CC(C)[C@@H]1CC[C@]2(C(=O)OCc3ccccc3)CC[C@]3(C)[C@H](CC[C@@H]4[C@@]5(C)CC=C(OS(=O)(=O)C(F)(F)F)C(C)(C)[C@@H]5CC[C@]43C)[C@@H]12. The molecule has 5 aliphatic carbocycles. The van der Waals surface area contributed by atoms with Crippen molar-refractivity contribution in [3.05, 3.63) is 47.7 Å². The largest absolute Gasteiger partial charge is 0.534 e. The number of alkyl halides is 3. The van der Waals surface area contributed by atoms with Gasteiger partial charge in [-0.2, -0.15) is 21.6 Å². The van der Waals surface area contributed by atoms with E-state index in [0.29, 0.717) is 36.7 Å². The van der Waals surface area contributed by atoms with Gasteiger partial charge >= 0.3 is 21.6 Å². The van der Waals surface area contributed by atoms with Gasteiger partial charge in [0, 0.05) is 5.41 Å². The minimum atomic E-state index is -5.75. The molecule has 0 spiro atoms. The van der Waals surface area contributed by atoms with E-state index in [1.165, 1.54) is 0 Å². The lowest BCUT2D eigenvalue weighted by Crippen LogP contribution is -2.66. The smallest absolute Gasteiger partial charge is 0.460 e. The average Bonchev–Trinajstić information content (AvgIpc) is 3.39. The molecular formula is C38H53F3O5S. The number of ether oxygens (including phenoxy) is 1. The van der Waals surface area contributed by atoms with Crippen molar-refractivity contribution in [2.75, 3.05) is 0 Å². The van der Waals surface area contributed by atoms with Gasteiger partial charge in [0.05, 0.1) is 5.41 Å². The van der Waals surface area contributed by atoms with Gasteiger partial charge in [-0.1, -0.05) is 78.8 Å². The topological polar surface area (TPSA) is 69.7 Å². The molecule has 0 bridgehead atoms. The summed E-state index contributed by atoms with van der Waals surface area (Å²) in [5.74, 6) is 1.71. The van der Waals surface area contributed by atoms with E-state index < -0.39 is 26.5 Å². The molecule has 0 unspecified atom stereocenters. The third kappa shape index (κ3) is 5.04. The lowest BCUT2D eigenvalue weighted by Gasteiger charge is -2.72. The number of carbonyl (C=O) groups is 1. The van der Waals surface area contributed by atoms with Crippen LogP contribution in [0.2, 0.25) is 0 Å². The number of rotatable bonds is 6. The molecule has 47 heavy (non-hydrogen) atoms. The van der Waals surface area contributed by atoms with Gasteiger partial charge in [-0.25, -0.2) is 0 Å². The molecule has 1 aromatic carbocycles. The fraction of sp³-hybridized carbons (Fsp3) is 0.763. The van der Waals surface area contributed by atoms with Crippen LogP contribution in [0.1, 0.15) is 112 Å². The van der Waals surface area contributed by atoms with E-state index in [4.69, 9.17) is 8.92 Å². The fourth-order valence-corrected chi connectivity index (χ4v) is 13.1. The predicted octanol–water partition coefficient (Wildman–Crippen LogP) is 9.83. The molecular weight excluding hydrogens is 625 g/mol. The van der Waals surface area contributed by atoms with Crippen molar-refractivity contribution in [3.63, 3.8) is 0 Å². The first-order chi connectivity index (χ1) is 21.7. The minimum Gasteiger partial charge on any atom is -0.460 e. The zero-order chi connectivity index (χ0) is 34.4. The third-order valence-electron chi connectivity index (χ3n) is 14.9. The van der Waals surface area contributed by atoms with E-state index >= 15 is 0 Å². The Morgan fingerprint density at radius 1 is 0.894 bits per heavy atom. The second-order valence-electron chi connectivity index (χ2n) is 17.3. The van der Waals surface area contributed by atoms with E-state index in [1.54, 1.807) is 6.08 Å². The minimum absolute atomic E-state index is 0.0144. The van der Waals surface area contributed by atoms with Crippen LogP contribution in [0.4, 0.5) is 13.2 Å². The van der Waals surface area contributed by atoms with Gasteiger partial charge in [0.2, 0.25) is 0 Å². The van der Waals surface area contributed by atoms with Gasteiger partial charge < -0.3 is 8.92 Å². The zero-order valence-electron chi connectivity index (χ0n) is 29.1. The van der Waals surface area contributed by atoms with Crippen molar-refractivity contribution in [3.8, 4) is 0 Å². The lowest BCUT2D eigenvalue weighted by atomic mass is 9.32. The molecule has 0 radical (unpaired) electrons. The Balaban J connectivity index is 1.32. The molecule has 6 rings (SSSR count). The molecule has 4 saturated carbocycles. The maximum absolute atomic E-state index is 14.2. The van der Waals surface area contributed by atoms with Crippen LogP contribution in [0.15, 0.2) is 42.2 Å². The molecule has 0 N–H and O–H groups in total. The summed E-state index contributed by atoms with van der Waals surface area (Å²) in [6.07, 6.45) is 9.51. The Kier molecular flexibility index (Phi) is 8.33. The van der Waals surface area contributed by atoms with Crippen LogP contribution in [-0.4, -0.2) is 19.9 Å². The van der Waals surface area contributed by atoms with Gasteiger partial charge in [0.25, 0.3) is 0 Å². The highest BCUT2D eigenvalue weighted by Crippen LogP contribution is 2.77. The lowest BCUT2D eigenvalue weighted by molar-refractivity contribution is -0.234. The molecule has 9 atom stereocenters. The molecule has 4 fully saturated rings. The molecule has 0 saturated heterocycles. The summed E-state index contributed by atoms with van der Waals surface area (Å²) in [5, 5.41) is 0. The van der Waals surface area contributed by atoms with Gasteiger partial charge in [-0.05, 0) is 121 Å². The number of benzene rings is 1. The second kappa shape index (κ2) is 11.2. The zero-order valence-corrected chi connectivity index (χ0v) is 29.9. The van der Waals surface area contributed by atoms with Crippen LogP contribution in [0, 0.1) is 62.6 Å². The Morgan fingerprint density at radius 3 is 2.21 bits per heavy atom. The molecule has 0 aromatic heterocycles. The van der Waals surface area contributed by atoms with Crippen LogP contribution in [0.25, 0.3) is 0 Å². The summed E-state index contributed by atoms with van der Waals surface area (Å²) in [6, 6.07) is 9.90. The summed E-state index contributed by atoms with van der Waals surface area (Å²) in [7, 11) is -5.75. The maximum atomic E-state index is 14.2. The Bertz CT molecular complexity index is 1520. The fourth-order valence-electron chi connectivity index (χ4n) is 12.5. The van der Waals surface area contributed by atoms with Crippen molar-refractivity contribution in [2.45, 2.75) is 118 Å². The molecule has 1 aromatic rings. The highest BCUT2D eigenvalue weighted by Gasteiger charge is 2.72. The Hall–Kier alpha value is -2.03. The quantitative estimate of drug-likeness (QED) is 0.170. The predicted molar refractivity (Wildman–Crippen MR) is 175 cm³/mol. The summed E-state index contributed by atoms with van der Waals surface area (Å²) in [5.41, 5.74) is -6.09. The second-order valence-corrected chi connectivity index (χ2v) is 18.9. The van der Waals surface area contributed by atoms with Crippen molar-refractivity contribution < 1.29 is 35.3 Å². The Labute approximate surface area is 279 Å². The number of fused-ring (bicyclic) bond motifs is 7. The van der Waals surface area contributed by atoms with E-state index in [-0.39, 0.29) is 39.8 Å². The summed E-state index contributed by atoms with van der Waals surface area (Å²) in [6.45, 7) is 15.8. The molecule has 0 amide bonds. The van der Waals surface area contributed by atoms with E-state index in [0.717, 1.165) is 56.9 Å². The maximum Gasteiger partial charge on any atom is 0.534 e. The van der Waals surface area contributed by atoms with E-state index in [2.05, 4.69) is 34.6 Å². The third-order valence-corrected chi connectivity index (χ3v) is 15.9. The molecule has 9 heteroatoms. The first kappa shape index (κ1) is 34.8. The van der Waals surface area contributed by atoms with Crippen LogP contribution in [0.3, 0.4) is 0 Å². The van der Waals surface area contributed by atoms with Crippen LogP contribution in [0.5, 0.6) is 0 Å². The number of hydrogen-bond donors (Lipinski definition) is 0. The van der Waals surface area contributed by atoms with Crippen molar-refractivity contribution >= 4 is 16.1 Å². The Morgan fingerprint density at radius 2 is 1.57 bits per heavy atom. The average molecular weight is 679 g/mol. The van der Waals surface area contributed by atoms with Crippen molar-refractivity contribution in [1.29, 1.82) is 0 Å².